The molecular weight excluding hydrogens is 448 g/mol. The highest BCUT2D eigenvalue weighted by Crippen LogP contribution is 2.25. The number of hydrogen-bond acceptors (Lipinski definition) is 7. The van der Waals surface area contributed by atoms with Crippen molar-refractivity contribution in [2.24, 2.45) is 0 Å². The van der Waals surface area contributed by atoms with Crippen molar-refractivity contribution in [1.82, 2.24) is 10.3 Å². The van der Waals surface area contributed by atoms with Crippen LogP contribution in [0.2, 0.25) is 0 Å². The summed E-state index contributed by atoms with van der Waals surface area (Å²) in [6.45, 7) is 2.03. The molecule has 0 radical (unpaired) electrons. The molecule has 32 heavy (non-hydrogen) atoms. The lowest BCUT2D eigenvalue weighted by Gasteiger charge is -2.06. The third kappa shape index (κ3) is 6.61. The van der Waals surface area contributed by atoms with E-state index in [-0.39, 0.29) is 5.75 Å². The van der Waals surface area contributed by atoms with E-state index in [0.29, 0.717) is 41.6 Å². The van der Waals surface area contributed by atoms with Gasteiger partial charge in [-0.2, -0.15) is 0 Å². The number of nitrogens with zero attached hydrogens (tertiary/aromatic N) is 1. The van der Waals surface area contributed by atoms with Crippen LogP contribution in [0.3, 0.4) is 0 Å². The third-order valence-electron chi connectivity index (χ3n) is 4.83. The molecule has 0 saturated heterocycles. The molecule has 0 aliphatic heterocycles. The van der Waals surface area contributed by atoms with E-state index in [9.17, 15) is 13.2 Å². The molecule has 3 aromatic rings. The number of oxazole rings is 1. The number of hydrogen-bond donors (Lipinski definition) is 1. The fraction of sp³-hybridized carbons (Fsp3) is 0.304. The van der Waals surface area contributed by atoms with Crippen LogP contribution in [0.15, 0.2) is 57.8 Å². The van der Waals surface area contributed by atoms with Crippen LogP contribution in [0.25, 0.3) is 11.5 Å². The van der Waals surface area contributed by atoms with Gasteiger partial charge in [0.25, 0.3) is 0 Å². The predicted molar refractivity (Wildman–Crippen MR) is 126 cm³/mol. The Balaban J connectivity index is 1.54. The van der Waals surface area contributed by atoms with E-state index >= 15 is 0 Å². The van der Waals surface area contributed by atoms with Crippen molar-refractivity contribution < 1.29 is 22.4 Å². The van der Waals surface area contributed by atoms with Gasteiger partial charge in [-0.05, 0) is 61.6 Å². The predicted octanol–water partition coefficient (Wildman–Crippen LogP) is 3.65. The van der Waals surface area contributed by atoms with E-state index in [2.05, 4.69) is 10.3 Å². The Morgan fingerprint density at radius 3 is 2.44 bits per heavy atom. The van der Waals surface area contributed by atoms with Crippen molar-refractivity contribution in [3.05, 3.63) is 65.5 Å². The van der Waals surface area contributed by atoms with E-state index in [1.807, 2.05) is 30.5 Å². The van der Waals surface area contributed by atoms with Crippen LogP contribution in [0, 0.1) is 6.92 Å². The van der Waals surface area contributed by atoms with Crippen LogP contribution in [0.1, 0.15) is 17.0 Å². The SMILES string of the molecule is COc1ccc(-c2nc(CS(=O)(=O)CC(=O)NCCc3ccc(SC)cc3)c(C)o2)cc1. The second-order valence-electron chi connectivity index (χ2n) is 7.23. The first-order valence-electron chi connectivity index (χ1n) is 10.0. The molecular formula is C23H26N2O5S2. The number of nitrogens with one attached hydrogen (secondary N) is 1. The number of benzene rings is 2. The Labute approximate surface area is 192 Å². The van der Waals surface area contributed by atoms with E-state index in [0.717, 1.165) is 5.56 Å². The number of sulfone groups is 1. The number of amides is 1. The molecule has 7 nitrogen and oxygen atoms in total. The topological polar surface area (TPSA) is 98.5 Å². The minimum Gasteiger partial charge on any atom is -0.497 e. The molecule has 0 aliphatic carbocycles. The number of rotatable bonds is 10. The van der Waals surface area contributed by atoms with Crippen molar-refractivity contribution in [1.29, 1.82) is 0 Å². The maximum Gasteiger partial charge on any atom is 0.235 e. The Morgan fingerprint density at radius 2 is 1.81 bits per heavy atom. The number of aromatic nitrogens is 1. The summed E-state index contributed by atoms with van der Waals surface area (Å²) in [5, 5.41) is 2.68. The summed E-state index contributed by atoms with van der Waals surface area (Å²) < 4.78 is 35.8. The third-order valence-corrected chi connectivity index (χ3v) is 6.99. The smallest absolute Gasteiger partial charge is 0.235 e. The van der Waals surface area contributed by atoms with Gasteiger partial charge in [-0.3, -0.25) is 4.79 Å². The molecule has 3 rings (SSSR count). The lowest BCUT2D eigenvalue weighted by Crippen LogP contribution is -2.32. The zero-order chi connectivity index (χ0) is 23.1. The maximum absolute atomic E-state index is 12.5. The minimum absolute atomic E-state index is 0.303. The second kappa shape index (κ2) is 10.7. The van der Waals surface area contributed by atoms with Crippen LogP contribution in [-0.2, 0) is 26.8 Å². The summed E-state index contributed by atoms with van der Waals surface area (Å²) in [6.07, 6.45) is 2.64. The Kier molecular flexibility index (Phi) is 7.98. The fourth-order valence-corrected chi connectivity index (χ4v) is 4.76. The van der Waals surface area contributed by atoms with Crippen LogP contribution in [0.5, 0.6) is 5.75 Å². The van der Waals surface area contributed by atoms with Gasteiger partial charge in [-0.25, -0.2) is 13.4 Å². The molecule has 170 valence electrons. The lowest BCUT2D eigenvalue weighted by atomic mass is 10.1. The van der Waals surface area contributed by atoms with Crippen LogP contribution >= 0.6 is 11.8 Å². The van der Waals surface area contributed by atoms with Gasteiger partial charge in [0, 0.05) is 17.0 Å². The summed E-state index contributed by atoms with van der Waals surface area (Å²) in [5.41, 5.74) is 2.09. The van der Waals surface area contributed by atoms with Crippen LogP contribution in [-0.4, -0.2) is 45.0 Å². The standard InChI is InChI=1S/C23H26N2O5S2/c1-16-21(25-23(30-16)18-6-8-19(29-2)9-7-18)14-32(27,28)15-22(26)24-13-12-17-4-10-20(31-3)11-5-17/h4-11H,12-15H2,1-3H3,(H,24,26). The zero-order valence-corrected chi connectivity index (χ0v) is 19.9. The molecule has 0 unspecified atom stereocenters. The highest BCUT2D eigenvalue weighted by Gasteiger charge is 2.22. The van der Waals surface area contributed by atoms with Crippen molar-refractivity contribution >= 4 is 27.5 Å². The summed E-state index contributed by atoms with van der Waals surface area (Å²) in [5.74, 6) is -0.0455. The van der Waals surface area contributed by atoms with E-state index in [1.54, 1.807) is 50.1 Å². The largest absolute Gasteiger partial charge is 0.497 e. The monoisotopic (exact) mass is 474 g/mol. The molecule has 9 heteroatoms. The van der Waals surface area contributed by atoms with Crippen molar-refractivity contribution in [3.8, 4) is 17.2 Å². The van der Waals surface area contributed by atoms with E-state index < -0.39 is 21.5 Å². The summed E-state index contributed by atoms with van der Waals surface area (Å²) in [7, 11) is -2.12. The second-order valence-corrected chi connectivity index (χ2v) is 10.2. The Morgan fingerprint density at radius 1 is 1.12 bits per heavy atom. The van der Waals surface area contributed by atoms with Crippen molar-refractivity contribution in [2.45, 2.75) is 24.0 Å². The number of thioether (sulfide) groups is 1. The van der Waals surface area contributed by atoms with Gasteiger partial charge in [0.15, 0.2) is 9.84 Å². The first-order valence-corrected chi connectivity index (χ1v) is 13.0. The van der Waals surface area contributed by atoms with Gasteiger partial charge in [0.2, 0.25) is 11.8 Å². The normalized spacial score (nSPS) is 11.3. The van der Waals surface area contributed by atoms with Crippen molar-refractivity contribution in [3.63, 3.8) is 0 Å². The quantitative estimate of drug-likeness (QED) is 0.448. The molecule has 0 spiro atoms. The average molecular weight is 475 g/mol. The summed E-state index contributed by atoms with van der Waals surface area (Å²) >= 11 is 1.66. The number of carbonyl (C=O) groups is 1. The molecule has 0 atom stereocenters. The molecule has 0 saturated carbocycles. The zero-order valence-electron chi connectivity index (χ0n) is 18.3. The van der Waals surface area contributed by atoms with Gasteiger partial charge in [-0.1, -0.05) is 12.1 Å². The highest BCUT2D eigenvalue weighted by molar-refractivity contribution is 7.98. The maximum atomic E-state index is 12.5. The fourth-order valence-electron chi connectivity index (χ4n) is 3.07. The average Bonchev–Trinajstić information content (AvgIpc) is 3.13. The Hall–Kier alpha value is -2.78. The molecule has 2 aromatic carbocycles. The molecule has 1 N–H and O–H groups in total. The summed E-state index contributed by atoms with van der Waals surface area (Å²) in [4.78, 5) is 17.7. The Bertz CT molecular complexity index is 1150. The van der Waals surface area contributed by atoms with Gasteiger partial charge in [0.05, 0.1) is 18.6 Å². The number of aryl methyl sites for hydroxylation is 1. The molecule has 1 aromatic heterocycles. The molecule has 0 fully saturated rings. The number of methoxy groups -OCH3 is 1. The van der Waals surface area contributed by atoms with Gasteiger partial charge in [0.1, 0.15) is 17.3 Å². The first-order chi connectivity index (χ1) is 15.3. The van der Waals surface area contributed by atoms with Crippen LogP contribution < -0.4 is 10.1 Å². The summed E-state index contributed by atoms with van der Waals surface area (Å²) in [6, 6.07) is 15.2. The molecule has 1 amide bonds. The number of ether oxygens (including phenoxy) is 1. The van der Waals surface area contributed by atoms with Gasteiger partial charge >= 0.3 is 0 Å². The first kappa shape index (κ1) is 23.9. The molecule has 1 heterocycles. The van der Waals surface area contributed by atoms with Crippen LogP contribution in [0.4, 0.5) is 0 Å². The molecule has 0 aliphatic rings. The highest BCUT2D eigenvalue weighted by atomic mass is 32.2. The van der Waals surface area contributed by atoms with Gasteiger partial charge in [-0.15, -0.1) is 11.8 Å². The van der Waals surface area contributed by atoms with Gasteiger partial charge < -0.3 is 14.5 Å². The van der Waals surface area contributed by atoms with E-state index in [1.165, 1.54) is 4.90 Å². The number of carbonyl (C=O) groups excluding carboxylic acids is 1. The minimum atomic E-state index is -3.70. The lowest BCUT2D eigenvalue weighted by molar-refractivity contribution is -0.118. The van der Waals surface area contributed by atoms with E-state index in [4.69, 9.17) is 9.15 Å². The van der Waals surface area contributed by atoms with Crippen molar-refractivity contribution in [2.75, 3.05) is 25.7 Å². The molecule has 0 bridgehead atoms.